The highest BCUT2D eigenvalue weighted by Crippen LogP contribution is 2.39. The number of aliphatic hydroxyl groups is 1. The quantitative estimate of drug-likeness (QED) is 0.402. The molecule has 0 fully saturated rings. The third-order valence-electron chi connectivity index (χ3n) is 4.99. The van der Waals surface area contributed by atoms with E-state index in [4.69, 9.17) is 0 Å². The van der Waals surface area contributed by atoms with Crippen LogP contribution in [0.5, 0.6) is 0 Å². The van der Waals surface area contributed by atoms with Crippen molar-refractivity contribution >= 4 is 0 Å². The molecule has 1 N–H and O–H groups in total. The van der Waals surface area contributed by atoms with Crippen LogP contribution in [0.2, 0.25) is 0 Å². The average Bonchev–Trinajstić information content (AvgIpc) is 2.59. The summed E-state index contributed by atoms with van der Waals surface area (Å²) in [5.74, 6) is 0.398. The molecule has 1 aliphatic rings. The molecule has 2 rings (SSSR count). The highest BCUT2D eigenvalue weighted by molar-refractivity contribution is 5.34. The predicted octanol–water partition coefficient (Wildman–Crippen LogP) is 6.18. The third-order valence-corrected chi connectivity index (χ3v) is 4.99. The number of rotatable bonds is 10. The molecule has 1 nitrogen and oxygen atoms in total. The topological polar surface area (TPSA) is 20.2 Å². The van der Waals surface area contributed by atoms with Crippen LogP contribution in [0.4, 0.5) is 0 Å². The highest BCUT2D eigenvalue weighted by Gasteiger charge is 2.25. The Morgan fingerprint density at radius 2 is 1.75 bits per heavy atom. The average molecular weight is 325 g/mol. The Morgan fingerprint density at radius 1 is 1.08 bits per heavy atom. The molecular weight excluding hydrogens is 292 g/mol. The van der Waals surface area contributed by atoms with Crippen molar-refractivity contribution in [3.8, 4) is 0 Å². The largest absolute Gasteiger partial charge is 0.393 e. The first-order valence-corrected chi connectivity index (χ1v) is 9.38. The lowest BCUT2D eigenvalue weighted by atomic mass is 9.74. The SMILES string of the molecule is C=CCC1(CCCCCCC(C)O)C=CC(c2ccccc2)C=C1. The van der Waals surface area contributed by atoms with Gasteiger partial charge in [-0.3, -0.25) is 0 Å². The van der Waals surface area contributed by atoms with Gasteiger partial charge < -0.3 is 5.11 Å². The standard InChI is InChI=1S/C23H32O/c1-3-16-23(17-10-5-4-7-11-20(2)24)18-14-22(15-19-23)21-12-8-6-9-13-21/h3,6,8-9,12-15,18-20,22,24H,1,4-5,7,10-11,16-17H2,2H3. The molecule has 1 atom stereocenters. The summed E-state index contributed by atoms with van der Waals surface area (Å²) in [5, 5.41) is 9.31. The van der Waals surface area contributed by atoms with Crippen molar-refractivity contribution in [1.29, 1.82) is 0 Å². The van der Waals surface area contributed by atoms with Gasteiger partial charge in [-0.1, -0.05) is 86.4 Å². The first-order chi connectivity index (χ1) is 11.7. The van der Waals surface area contributed by atoms with Crippen molar-refractivity contribution in [3.63, 3.8) is 0 Å². The second-order valence-electron chi connectivity index (χ2n) is 7.18. The first kappa shape index (κ1) is 18.7. The first-order valence-electron chi connectivity index (χ1n) is 9.38. The molecule has 130 valence electrons. The van der Waals surface area contributed by atoms with Gasteiger partial charge >= 0.3 is 0 Å². The number of aliphatic hydroxyl groups excluding tert-OH is 1. The Kier molecular flexibility index (Phi) is 7.52. The van der Waals surface area contributed by atoms with E-state index in [9.17, 15) is 5.11 Å². The molecule has 0 amide bonds. The number of allylic oxidation sites excluding steroid dienone is 5. The van der Waals surface area contributed by atoms with Crippen LogP contribution >= 0.6 is 0 Å². The Balaban J connectivity index is 1.86. The lowest BCUT2D eigenvalue weighted by Gasteiger charge is -2.30. The molecule has 0 radical (unpaired) electrons. The van der Waals surface area contributed by atoms with Gasteiger partial charge in [0.1, 0.15) is 0 Å². The van der Waals surface area contributed by atoms with Crippen molar-refractivity contribution in [1.82, 2.24) is 0 Å². The summed E-state index contributed by atoms with van der Waals surface area (Å²) in [6.45, 7) is 5.83. The molecule has 0 saturated heterocycles. The van der Waals surface area contributed by atoms with Gasteiger partial charge in [0.25, 0.3) is 0 Å². The molecule has 1 aliphatic carbocycles. The normalized spacial score (nSPS) is 24.0. The van der Waals surface area contributed by atoms with E-state index < -0.39 is 0 Å². The zero-order chi connectivity index (χ0) is 17.3. The monoisotopic (exact) mass is 324 g/mol. The van der Waals surface area contributed by atoms with Gasteiger partial charge in [0.15, 0.2) is 0 Å². The van der Waals surface area contributed by atoms with Gasteiger partial charge in [-0.05, 0) is 31.7 Å². The van der Waals surface area contributed by atoms with E-state index >= 15 is 0 Å². The van der Waals surface area contributed by atoms with Crippen LogP contribution in [0.25, 0.3) is 0 Å². The van der Waals surface area contributed by atoms with Crippen molar-refractivity contribution in [3.05, 3.63) is 72.9 Å². The van der Waals surface area contributed by atoms with Gasteiger partial charge in [-0.15, -0.1) is 6.58 Å². The van der Waals surface area contributed by atoms with Gasteiger partial charge in [0.2, 0.25) is 0 Å². The summed E-state index contributed by atoms with van der Waals surface area (Å²) >= 11 is 0. The molecular formula is C23H32O. The fourth-order valence-electron chi connectivity index (χ4n) is 3.53. The maximum atomic E-state index is 9.31. The van der Waals surface area contributed by atoms with Crippen molar-refractivity contribution in [2.24, 2.45) is 5.41 Å². The maximum absolute atomic E-state index is 9.31. The Hall–Kier alpha value is -1.60. The minimum absolute atomic E-state index is 0.150. The molecule has 0 spiro atoms. The third kappa shape index (κ3) is 5.79. The van der Waals surface area contributed by atoms with Gasteiger partial charge in [-0.2, -0.15) is 0 Å². The summed E-state index contributed by atoms with van der Waals surface area (Å²) in [6.07, 6.45) is 19.4. The molecule has 1 heteroatoms. The van der Waals surface area contributed by atoms with Crippen molar-refractivity contribution in [2.75, 3.05) is 0 Å². The zero-order valence-corrected chi connectivity index (χ0v) is 15.0. The summed E-state index contributed by atoms with van der Waals surface area (Å²) in [7, 11) is 0. The molecule has 0 aromatic heterocycles. The van der Waals surface area contributed by atoms with E-state index in [1.807, 2.05) is 13.0 Å². The van der Waals surface area contributed by atoms with Crippen molar-refractivity contribution < 1.29 is 5.11 Å². The van der Waals surface area contributed by atoms with Crippen molar-refractivity contribution in [2.45, 2.75) is 63.9 Å². The molecule has 0 saturated carbocycles. The fourth-order valence-corrected chi connectivity index (χ4v) is 3.53. The zero-order valence-electron chi connectivity index (χ0n) is 15.0. The van der Waals surface area contributed by atoms with Crippen LogP contribution < -0.4 is 0 Å². The summed E-state index contributed by atoms with van der Waals surface area (Å²) in [6, 6.07) is 10.7. The Morgan fingerprint density at radius 3 is 2.38 bits per heavy atom. The van der Waals surface area contributed by atoms with Gasteiger partial charge in [0.05, 0.1) is 6.10 Å². The van der Waals surface area contributed by atoms with E-state index in [1.165, 1.54) is 31.2 Å². The summed E-state index contributed by atoms with van der Waals surface area (Å²) < 4.78 is 0. The van der Waals surface area contributed by atoms with E-state index in [0.29, 0.717) is 5.92 Å². The number of hydrogen-bond donors (Lipinski definition) is 1. The molecule has 0 aliphatic heterocycles. The van der Waals surface area contributed by atoms with Gasteiger partial charge in [0, 0.05) is 11.3 Å². The fraction of sp³-hybridized carbons (Fsp3) is 0.478. The van der Waals surface area contributed by atoms with E-state index in [1.54, 1.807) is 0 Å². The Bertz CT molecular complexity index is 524. The van der Waals surface area contributed by atoms with Crippen LogP contribution in [0.15, 0.2) is 67.3 Å². The minimum Gasteiger partial charge on any atom is -0.393 e. The van der Waals surface area contributed by atoms with E-state index in [2.05, 4.69) is 61.2 Å². The summed E-state index contributed by atoms with van der Waals surface area (Å²) in [4.78, 5) is 0. The number of benzene rings is 1. The highest BCUT2D eigenvalue weighted by atomic mass is 16.3. The second-order valence-corrected chi connectivity index (χ2v) is 7.18. The summed E-state index contributed by atoms with van der Waals surface area (Å²) in [5.41, 5.74) is 1.51. The van der Waals surface area contributed by atoms with Gasteiger partial charge in [-0.25, -0.2) is 0 Å². The number of hydrogen-bond acceptors (Lipinski definition) is 1. The minimum atomic E-state index is -0.156. The van der Waals surface area contributed by atoms with Crippen LogP contribution in [0.3, 0.4) is 0 Å². The van der Waals surface area contributed by atoms with Crippen LogP contribution in [0, 0.1) is 5.41 Å². The smallest absolute Gasteiger partial charge is 0.0512 e. The lowest BCUT2D eigenvalue weighted by molar-refractivity contribution is 0.180. The number of unbranched alkanes of at least 4 members (excludes halogenated alkanes) is 3. The van der Waals surface area contributed by atoms with Crippen LogP contribution in [-0.4, -0.2) is 11.2 Å². The predicted molar refractivity (Wildman–Crippen MR) is 104 cm³/mol. The maximum Gasteiger partial charge on any atom is 0.0512 e. The Labute approximate surface area is 147 Å². The van der Waals surface area contributed by atoms with E-state index in [0.717, 1.165) is 19.3 Å². The van der Waals surface area contributed by atoms with E-state index in [-0.39, 0.29) is 11.5 Å². The lowest BCUT2D eigenvalue weighted by Crippen LogP contribution is -2.17. The molecule has 1 unspecified atom stereocenters. The molecule has 0 heterocycles. The molecule has 1 aromatic rings. The van der Waals surface area contributed by atoms with Crippen LogP contribution in [0.1, 0.15) is 63.4 Å². The molecule has 1 aromatic carbocycles. The molecule has 0 bridgehead atoms. The van der Waals surface area contributed by atoms with Crippen LogP contribution in [-0.2, 0) is 0 Å². The molecule has 24 heavy (non-hydrogen) atoms. The second kappa shape index (κ2) is 9.64.